The number of carbonyl (C=O) groups excluding carboxylic acids is 4. The maximum Gasteiger partial charge on any atom is 0.238 e. The van der Waals surface area contributed by atoms with E-state index in [1.54, 1.807) is 24.3 Å². The van der Waals surface area contributed by atoms with Gasteiger partial charge in [-0.05, 0) is 49.7 Å². The average molecular weight is 481 g/mol. The summed E-state index contributed by atoms with van der Waals surface area (Å²) in [5.74, 6) is -2.59. The van der Waals surface area contributed by atoms with Gasteiger partial charge in [-0.25, -0.2) is 9.80 Å². The molecular weight excluding hydrogens is 452 g/mol. The van der Waals surface area contributed by atoms with Crippen molar-refractivity contribution in [3.63, 3.8) is 0 Å². The highest BCUT2D eigenvalue weighted by Crippen LogP contribution is 2.64. The first-order chi connectivity index (χ1) is 17.4. The Bertz CT molecular complexity index is 1240. The monoisotopic (exact) mass is 480 g/mol. The maximum atomic E-state index is 13.9. The van der Waals surface area contributed by atoms with Crippen molar-refractivity contribution < 1.29 is 19.2 Å². The Labute approximate surface area is 210 Å². The molecule has 4 aliphatic carbocycles. The van der Waals surface area contributed by atoms with Gasteiger partial charge in [0.25, 0.3) is 0 Å². The van der Waals surface area contributed by atoms with Gasteiger partial charge in [0.15, 0.2) is 0 Å². The van der Waals surface area contributed by atoms with Gasteiger partial charge >= 0.3 is 0 Å². The highest BCUT2D eigenvalue weighted by Gasteiger charge is 2.68. The van der Waals surface area contributed by atoms with Crippen LogP contribution in [0, 0.1) is 46.3 Å². The topological polar surface area (TPSA) is 74.8 Å². The fourth-order valence-electron chi connectivity index (χ4n) is 8.60. The van der Waals surface area contributed by atoms with E-state index in [1.165, 1.54) is 9.80 Å². The SMILES string of the molecule is C=CCC12C=CC(C1)C1C(=O)N(c3ccccc3N3C(=O)C4C5C=CC(CC=C)(C5)C4C3=O)C(=O)C12. The minimum Gasteiger partial charge on any atom is -0.274 e. The molecule has 2 saturated carbocycles. The molecule has 36 heavy (non-hydrogen) atoms. The molecule has 0 N–H and O–H groups in total. The molecule has 0 radical (unpaired) electrons. The number of carbonyl (C=O) groups is 4. The largest absolute Gasteiger partial charge is 0.274 e. The van der Waals surface area contributed by atoms with Crippen molar-refractivity contribution in [2.24, 2.45) is 46.3 Å². The van der Waals surface area contributed by atoms with Crippen molar-refractivity contribution in [1.82, 2.24) is 0 Å². The molecule has 1 aromatic carbocycles. The predicted octanol–water partition coefficient (Wildman–Crippen LogP) is 4.20. The lowest BCUT2D eigenvalue weighted by molar-refractivity contribution is -0.125. The van der Waals surface area contributed by atoms with Crippen molar-refractivity contribution >= 4 is 35.0 Å². The Morgan fingerprint density at radius 3 is 1.53 bits per heavy atom. The lowest BCUT2D eigenvalue weighted by Gasteiger charge is -2.30. The number of hydrogen-bond donors (Lipinski definition) is 0. The molecule has 1 aromatic rings. The van der Waals surface area contributed by atoms with Gasteiger partial charge in [0.2, 0.25) is 23.6 Å². The molecule has 4 amide bonds. The van der Waals surface area contributed by atoms with Crippen LogP contribution in [0.15, 0.2) is 73.9 Å². The number of imide groups is 2. The standard InChI is InChI=1S/C30H28N2O4/c1-3-11-29-13-9-17(15-29)21-23(29)27(35)31(25(21)33)19-7-5-6-8-20(19)32-26(34)22-18-10-14-30(16-18,12-4-2)24(22)28(32)36/h3-10,13-14,17-18,21-24H,1-2,11-12,15-16H2. The Morgan fingerprint density at radius 2 is 1.14 bits per heavy atom. The third kappa shape index (κ3) is 2.38. The summed E-state index contributed by atoms with van der Waals surface area (Å²) in [4.78, 5) is 57.7. The van der Waals surface area contributed by atoms with E-state index in [9.17, 15) is 19.2 Å². The van der Waals surface area contributed by atoms with E-state index in [-0.39, 0.29) is 46.3 Å². The third-order valence-electron chi connectivity index (χ3n) is 9.86. The van der Waals surface area contributed by atoms with Crippen molar-refractivity contribution in [2.45, 2.75) is 25.7 Å². The van der Waals surface area contributed by atoms with E-state index in [4.69, 9.17) is 0 Å². The summed E-state index contributed by atoms with van der Waals surface area (Å²) in [6, 6.07) is 6.86. The quantitative estimate of drug-likeness (QED) is 0.452. The van der Waals surface area contributed by atoms with Gasteiger partial charge in [0, 0.05) is 10.8 Å². The highest BCUT2D eigenvalue weighted by atomic mass is 16.2. The first-order valence-corrected chi connectivity index (χ1v) is 12.8. The van der Waals surface area contributed by atoms with Crippen LogP contribution >= 0.6 is 0 Å². The van der Waals surface area contributed by atoms with Crippen LogP contribution in [0.4, 0.5) is 11.4 Å². The number of nitrogens with zero attached hydrogens (tertiary/aromatic N) is 2. The molecule has 2 aliphatic heterocycles. The molecule has 2 saturated heterocycles. The number of fused-ring (bicyclic) bond motifs is 10. The third-order valence-corrected chi connectivity index (χ3v) is 9.86. The molecule has 7 rings (SSSR count). The van der Waals surface area contributed by atoms with Crippen molar-refractivity contribution in [3.05, 3.63) is 73.9 Å². The van der Waals surface area contributed by atoms with Crippen LogP contribution in [0.5, 0.6) is 0 Å². The second-order valence-corrected chi connectivity index (χ2v) is 11.4. The van der Waals surface area contributed by atoms with E-state index >= 15 is 0 Å². The van der Waals surface area contributed by atoms with E-state index < -0.39 is 23.7 Å². The van der Waals surface area contributed by atoms with Crippen LogP contribution in [0.25, 0.3) is 0 Å². The Morgan fingerprint density at radius 1 is 0.722 bits per heavy atom. The number of rotatable bonds is 6. The molecule has 6 aliphatic rings. The Balaban J connectivity index is 1.29. The maximum absolute atomic E-state index is 13.9. The fraction of sp³-hybridized carbons (Fsp3) is 0.400. The van der Waals surface area contributed by atoms with Gasteiger partial charge in [0.05, 0.1) is 35.0 Å². The lowest BCUT2D eigenvalue weighted by Crippen LogP contribution is -2.39. The summed E-state index contributed by atoms with van der Waals surface area (Å²) in [6.07, 6.45) is 14.8. The molecule has 6 heteroatoms. The molecule has 8 atom stereocenters. The molecular formula is C30H28N2O4. The summed E-state index contributed by atoms with van der Waals surface area (Å²) in [5.41, 5.74) is -0.109. The number of allylic oxidation sites excluding steroid dienone is 6. The molecule has 0 aromatic heterocycles. The summed E-state index contributed by atoms with van der Waals surface area (Å²) >= 11 is 0. The van der Waals surface area contributed by atoms with E-state index in [0.29, 0.717) is 24.2 Å². The van der Waals surface area contributed by atoms with Gasteiger partial charge in [-0.1, -0.05) is 48.6 Å². The second kappa shape index (κ2) is 7.02. The molecule has 0 spiro atoms. The molecule has 8 unspecified atom stereocenters. The van der Waals surface area contributed by atoms with Crippen LogP contribution in [0.3, 0.4) is 0 Å². The molecule has 182 valence electrons. The fourth-order valence-corrected chi connectivity index (χ4v) is 8.60. The van der Waals surface area contributed by atoms with Gasteiger partial charge in [0.1, 0.15) is 0 Å². The van der Waals surface area contributed by atoms with Gasteiger partial charge in [-0.3, -0.25) is 19.2 Å². The van der Waals surface area contributed by atoms with Crippen LogP contribution in [0.2, 0.25) is 0 Å². The smallest absolute Gasteiger partial charge is 0.238 e. The zero-order valence-electron chi connectivity index (χ0n) is 20.0. The summed E-state index contributed by atoms with van der Waals surface area (Å²) < 4.78 is 0. The first kappa shape index (κ1) is 21.7. The number of benzene rings is 1. The van der Waals surface area contributed by atoms with Crippen LogP contribution in [0.1, 0.15) is 25.7 Å². The van der Waals surface area contributed by atoms with E-state index in [0.717, 1.165) is 12.8 Å². The highest BCUT2D eigenvalue weighted by molar-refractivity contribution is 6.28. The van der Waals surface area contributed by atoms with E-state index in [1.807, 2.05) is 12.2 Å². The zero-order chi connectivity index (χ0) is 25.0. The lowest BCUT2D eigenvalue weighted by atomic mass is 9.72. The number of hydrogen-bond acceptors (Lipinski definition) is 4. The number of para-hydroxylation sites is 2. The van der Waals surface area contributed by atoms with Crippen molar-refractivity contribution in [3.8, 4) is 0 Å². The van der Waals surface area contributed by atoms with Crippen LogP contribution in [-0.4, -0.2) is 23.6 Å². The summed E-state index contributed by atoms with van der Waals surface area (Å²) in [6.45, 7) is 7.76. The van der Waals surface area contributed by atoms with Crippen LogP contribution < -0.4 is 9.80 Å². The second-order valence-electron chi connectivity index (χ2n) is 11.4. The molecule has 4 bridgehead atoms. The van der Waals surface area contributed by atoms with Crippen LogP contribution in [-0.2, 0) is 19.2 Å². The summed E-state index contributed by atoms with van der Waals surface area (Å²) in [7, 11) is 0. The predicted molar refractivity (Wildman–Crippen MR) is 134 cm³/mol. The Hall–Kier alpha value is -3.54. The number of amides is 4. The van der Waals surface area contributed by atoms with Crippen molar-refractivity contribution in [2.75, 3.05) is 9.80 Å². The average Bonchev–Trinajstić information content (AvgIpc) is 3.67. The molecule has 4 fully saturated rings. The first-order valence-electron chi connectivity index (χ1n) is 12.8. The van der Waals surface area contributed by atoms with Gasteiger partial charge in [-0.15, -0.1) is 13.2 Å². The minimum absolute atomic E-state index is 0.0263. The number of anilines is 2. The normalized spacial score (nSPS) is 41.1. The molecule has 2 heterocycles. The molecule has 6 nitrogen and oxygen atoms in total. The zero-order valence-corrected chi connectivity index (χ0v) is 20.0. The summed E-state index contributed by atoms with van der Waals surface area (Å²) in [5, 5.41) is 0. The van der Waals surface area contributed by atoms with E-state index in [2.05, 4.69) is 37.5 Å². The van der Waals surface area contributed by atoms with Gasteiger partial charge in [-0.2, -0.15) is 0 Å². The minimum atomic E-state index is -0.439. The van der Waals surface area contributed by atoms with Gasteiger partial charge < -0.3 is 0 Å². The Kier molecular flexibility index (Phi) is 4.24. The van der Waals surface area contributed by atoms with Crippen molar-refractivity contribution in [1.29, 1.82) is 0 Å².